The Morgan fingerprint density at radius 2 is 2.36 bits per heavy atom. The van der Waals surface area contributed by atoms with E-state index in [4.69, 9.17) is 17.3 Å². The zero-order chi connectivity index (χ0) is 8.43. The highest BCUT2D eigenvalue weighted by Gasteiger charge is 2.08. The Labute approximate surface area is 69.2 Å². The maximum Gasteiger partial charge on any atom is 0.165 e. The minimum Gasteiger partial charge on any atom is -0.397 e. The Balaban J connectivity index is 3.29. The Morgan fingerprint density at radius 1 is 1.73 bits per heavy atom. The number of nitrogens with zero attached hydrogens (tertiary/aromatic N) is 1. The van der Waals surface area contributed by atoms with Crippen molar-refractivity contribution in [2.24, 2.45) is 0 Å². The molecule has 11 heavy (non-hydrogen) atoms. The summed E-state index contributed by atoms with van der Waals surface area (Å²) in [5.74, 6) is -0.505. The summed E-state index contributed by atoms with van der Waals surface area (Å²) in [7, 11) is 0. The van der Waals surface area contributed by atoms with E-state index in [1.807, 2.05) is 6.92 Å². The second-order valence-electron chi connectivity index (χ2n) is 2.15. The standard InChI is InChI=1S/C7H8ClFN2/c1-2-4-5(10)3-11-7(8)6(4)9/h3H,2,10H2,1H3. The fraction of sp³-hybridized carbons (Fsp3) is 0.286. The van der Waals surface area contributed by atoms with Gasteiger partial charge in [-0.1, -0.05) is 18.5 Å². The summed E-state index contributed by atoms with van der Waals surface area (Å²) in [6, 6.07) is 0. The van der Waals surface area contributed by atoms with Gasteiger partial charge >= 0.3 is 0 Å². The van der Waals surface area contributed by atoms with Crippen LogP contribution in [0.3, 0.4) is 0 Å². The summed E-state index contributed by atoms with van der Waals surface area (Å²) in [6.45, 7) is 1.81. The number of pyridine rings is 1. The summed E-state index contributed by atoms with van der Waals surface area (Å²) in [4.78, 5) is 3.55. The van der Waals surface area contributed by atoms with E-state index in [-0.39, 0.29) is 5.15 Å². The Hall–Kier alpha value is -0.830. The van der Waals surface area contributed by atoms with Gasteiger partial charge in [0.25, 0.3) is 0 Å². The quantitative estimate of drug-likeness (QED) is 0.662. The average molecular weight is 175 g/mol. The summed E-state index contributed by atoms with van der Waals surface area (Å²) < 4.78 is 13.0. The molecule has 1 aromatic rings. The van der Waals surface area contributed by atoms with E-state index >= 15 is 0 Å². The molecule has 0 aliphatic rings. The molecule has 0 aliphatic heterocycles. The zero-order valence-electron chi connectivity index (χ0n) is 6.06. The van der Waals surface area contributed by atoms with Crippen LogP contribution in [0.5, 0.6) is 0 Å². The third kappa shape index (κ3) is 1.43. The molecule has 2 N–H and O–H groups in total. The van der Waals surface area contributed by atoms with Crippen molar-refractivity contribution in [2.45, 2.75) is 13.3 Å². The fourth-order valence-electron chi connectivity index (χ4n) is 0.871. The molecular weight excluding hydrogens is 167 g/mol. The lowest BCUT2D eigenvalue weighted by Crippen LogP contribution is -1.99. The number of nitrogens with two attached hydrogens (primary N) is 1. The molecule has 2 nitrogen and oxygen atoms in total. The summed E-state index contributed by atoms with van der Waals surface area (Å²) in [5.41, 5.74) is 6.23. The molecule has 4 heteroatoms. The Morgan fingerprint density at radius 3 is 2.82 bits per heavy atom. The van der Waals surface area contributed by atoms with Crippen LogP contribution in [0.4, 0.5) is 10.1 Å². The predicted octanol–water partition coefficient (Wildman–Crippen LogP) is 2.02. The minimum atomic E-state index is -0.505. The highest BCUT2D eigenvalue weighted by atomic mass is 35.5. The molecule has 0 saturated carbocycles. The molecule has 0 radical (unpaired) electrons. The van der Waals surface area contributed by atoms with Gasteiger partial charge < -0.3 is 5.73 Å². The van der Waals surface area contributed by atoms with Gasteiger partial charge in [-0.2, -0.15) is 0 Å². The third-order valence-electron chi connectivity index (χ3n) is 1.47. The average Bonchev–Trinajstić information content (AvgIpc) is 1.99. The van der Waals surface area contributed by atoms with Gasteiger partial charge in [0.05, 0.1) is 11.9 Å². The van der Waals surface area contributed by atoms with Crippen molar-refractivity contribution in [3.05, 3.63) is 22.7 Å². The van der Waals surface area contributed by atoms with Crippen molar-refractivity contribution in [2.75, 3.05) is 5.73 Å². The monoisotopic (exact) mass is 174 g/mol. The molecule has 0 saturated heterocycles. The second-order valence-corrected chi connectivity index (χ2v) is 2.51. The van der Waals surface area contributed by atoms with E-state index in [9.17, 15) is 4.39 Å². The second kappa shape index (κ2) is 3.05. The molecule has 1 aromatic heterocycles. The van der Waals surface area contributed by atoms with Crippen LogP contribution in [-0.4, -0.2) is 4.98 Å². The van der Waals surface area contributed by atoms with Gasteiger partial charge in [0.1, 0.15) is 0 Å². The molecule has 0 aromatic carbocycles. The first kappa shape index (κ1) is 8.27. The lowest BCUT2D eigenvalue weighted by molar-refractivity contribution is 0.607. The van der Waals surface area contributed by atoms with Crippen LogP contribution in [0.15, 0.2) is 6.20 Å². The molecule has 1 rings (SSSR count). The molecule has 0 spiro atoms. The van der Waals surface area contributed by atoms with Crippen molar-refractivity contribution in [1.82, 2.24) is 4.98 Å². The summed E-state index contributed by atoms with van der Waals surface area (Å²) in [5, 5.41) is -0.115. The number of halogens is 2. The van der Waals surface area contributed by atoms with Crippen LogP contribution in [-0.2, 0) is 6.42 Å². The maximum absolute atomic E-state index is 13.0. The first-order valence-corrected chi connectivity index (χ1v) is 3.63. The van der Waals surface area contributed by atoms with Gasteiger partial charge in [0, 0.05) is 5.56 Å². The van der Waals surface area contributed by atoms with Crippen LogP contribution in [0.2, 0.25) is 5.15 Å². The van der Waals surface area contributed by atoms with Gasteiger partial charge in [0.2, 0.25) is 0 Å². The SMILES string of the molecule is CCc1c(N)cnc(Cl)c1F. The maximum atomic E-state index is 13.0. The lowest BCUT2D eigenvalue weighted by Gasteiger charge is -2.03. The molecular formula is C7H8ClFN2. The van der Waals surface area contributed by atoms with Crippen LogP contribution in [0.1, 0.15) is 12.5 Å². The highest BCUT2D eigenvalue weighted by molar-refractivity contribution is 6.29. The lowest BCUT2D eigenvalue weighted by atomic mass is 10.2. The molecule has 0 atom stereocenters. The number of hydrogen-bond acceptors (Lipinski definition) is 2. The molecule has 0 fully saturated rings. The van der Waals surface area contributed by atoms with Crippen molar-refractivity contribution in [3.8, 4) is 0 Å². The minimum absolute atomic E-state index is 0.115. The number of anilines is 1. The summed E-state index contributed by atoms with van der Waals surface area (Å²) in [6.07, 6.45) is 1.89. The fourth-order valence-corrected chi connectivity index (χ4v) is 1.03. The van der Waals surface area contributed by atoms with E-state index < -0.39 is 5.82 Å². The number of nitrogen functional groups attached to an aromatic ring is 1. The molecule has 0 aliphatic carbocycles. The molecule has 0 unspecified atom stereocenters. The van der Waals surface area contributed by atoms with E-state index in [2.05, 4.69) is 4.98 Å². The zero-order valence-corrected chi connectivity index (χ0v) is 6.82. The van der Waals surface area contributed by atoms with Crippen LogP contribution in [0.25, 0.3) is 0 Å². The molecule has 0 amide bonds. The van der Waals surface area contributed by atoms with Crippen LogP contribution < -0.4 is 5.73 Å². The molecule has 1 heterocycles. The van der Waals surface area contributed by atoms with E-state index in [0.717, 1.165) is 0 Å². The van der Waals surface area contributed by atoms with Gasteiger partial charge in [-0.15, -0.1) is 0 Å². The van der Waals surface area contributed by atoms with Crippen LogP contribution in [0, 0.1) is 5.82 Å². The van der Waals surface area contributed by atoms with Gasteiger partial charge in [0.15, 0.2) is 11.0 Å². The third-order valence-corrected chi connectivity index (χ3v) is 1.73. The first-order chi connectivity index (χ1) is 5.16. The van der Waals surface area contributed by atoms with E-state index in [1.165, 1.54) is 6.20 Å². The molecule has 0 bridgehead atoms. The van der Waals surface area contributed by atoms with Crippen molar-refractivity contribution >= 4 is 17.3 Å². The smallest absolute Gasteiger partial charge is 0.165 e. The normalized spacial score (nSPS) is 10.1. The first-order valence-electron chi connectivity index (χ1n) is 3.25. The topological polar surface area (TPSA) is 38.9 Å². The van der Waals surface area contributed by atoms with Crippen molar-refractivity contribution < 1.29 is 4.39 Å². The highest BCUT2D eigenvalue weighted by Crippen LogP contribution is 2.20. The number of rotatable bonds is 1. The van der Waals surface area contributed by atoms with Gasteiger partial charge in [-0.25, -0.2) is 9.37 Å². The number of aromatic nitrogens is 1. The Bertz CT molecular complexity index is 275. The van der Waals surface area contributed by atoms with Gasteiger partial charge in [-0.05, 0) is 6.42 Å². The Kier molecular flexibility index (Phi) is 2.29. The van der Waals surface area contributed by atoms with Crippen molar-refractivity contribution in [1.29, 1.82) is 0 Å². The molecule has 60 valence electrons. The van der Waals surface area contributed by atoms with Gasteiger partial charge in [-0.3, -0.25) is 0 Å². The summed E-state index contributed by atoms with van der Waals surface area (Å²) >= 11 is 5.42. The van der Waals surface area contributed by atoms with Crippen LogP contribution >= 0.6 is 11.6 Å². The van der Waals surface area contributed by atoms with Crippen molar-refractivity contribution in [3.63, 3.8) is 0 Å². The van der Waals surface area contributed by atoms with E-state index in [0.29, 0.717) is 17.7 Å². The number of hydrogen-bond donors (Lipinski definition) is 1. The predicted molar refractivity (Wildman–Crippen MR) is 43.0 cm³/mol. The largest absolute Gasteiger partial charge is 0.397 e. The van der Waals surface area contributed by atoms with E-state index in [1.54, 1.807) is 0 Å².